The second kappa shape index (κ2) is 9.77. The summed E-state index contributed by atoms with van der Waals surface area (Å²) < 4.78 is 22.4. The van der Waals surface area contributed by atoms with Gasteiger partial charge in [-0.2, -0.15) is 0 Å². The lowest BCUT2D eigenvalue weighted by Crippen LogP contribution is -2.55. The van der Waals surface area contributed by atoms with Crippen LogP contribution in [0.3, 0.4) is 0 Å². The zero-order chi connectivity index (χ0) is 21.8. The van der Waals surface area contributed by atoms with Crippen molar-refractivity contribution in [1.82, 2.24) is 10.1 Å². The van der Waals surface area contributed by atoms with Gasteiger partial charge in [-0.3, -0.25) is 15.0 Å². The summed E-state index contributed by atoms with van der Waals surface area (Å²) in [5, 5.41) is 7.07. The first kappa shape index (κ1) is 23.2. The summed E-state index contributed by atoms with van der Waals surface area (Å²) in [7, 11) is 2.00. The predicted molar refractivity (Wildman–Crippen MR) is 113 cm³/mol. The first-order valence-corrected chi connectivity index (χ1v) is 11.0. The fourth-order valence-corrected chi connectivity index (χ4v) is 3.82. The van der Waals surface area contributed by atoms with Crippen molar-refractivity contribution in [2.75, 3.05) is 38.8 Å². The lowest BCUT2D eigenvalue weighted by molar-refractivity contribution is -0.170. The van der Waals surface area contributed by atoms with E-state index in [4.69, 9.17) is 18.7 Å². The number of rotatable bonds is 8. The van der Waals surface area contributed by atoms with Gasteiger partial charge in [-0.1, -0.05) is 19.0 Å². The Morgan fingerprint density at radius 2 is 1.93 bits per heavy atom. The lowest BCUT2D eigenvalue weighted by atomic mass is 9.90. The number of amides is 1. The van der Waals surface area contributed by atoms with Crippen LogP contribution in [-0.2, 0) is 24.4 Å². The number of likely N-dealkylation sites (N-methyl/N-ethyl adjacent to an activating group) is 1. The SMILES string of the molecule is CN(C1CCOCC1)C(C)(C)C(=O)Nc1cc(C(C)(C)COC2CCCCO2)no1. The minimum atomic E-state index is -0.689. The number of hydrogen-bond acceptors (Lipinski definition) is 7. The van der Waals surface area contributed by atoms with Crippen LogP contribution in [0.15, 0.2) is 10.6 Å². The van der Waals surface area contributed by atoms with Crippen molar-refractivity contribution in [3.05, 3.63) is 11.8 Å². The molecule has 8 heteroatoms. The van der Waals surface area contributed by atoms with Crippen LogP contribution in [0.5, 0.6) is 0 Å². The van der Waals surface area contributed by atoms with Crippen LogP contribution in [0.2, 0.25) is 0 Å². The van der Waals surface area contributed by atoms with E-state index in [-0.39, 0.29) is 17.6 Å². The fraction of sp³-hybridized carbons (Fsp3) is 0.818. The van der Waals surface area contributed by atoms with E-state index >= 15 is 0 Å². The molecule has 0 radical (unpaired) electrons. The Kier molecular flexibility index (Phi) is 7.55. The average molecular weight is 424 g/mol. The first-order chi connectivity index (χ1) is 14.2. The molecule has 1 atom stereocenters. The molecule has 3 heterocycles. The molecule has 0 saturated carbocycles. The topological polar surface area (TPSA) is 86.1 Å². The summed E-state index contributed by atoms with van der Waals surface area (Å²) in [4.78, 5) is 15.1. The normalized spacial score (nSPS) is 21.7. The van der Waals surface area contributed by atoms with E-state index in [1.165, 1.54) is 0 Å². The van der Waals surface area contributed by atoms with E-state index in [0.29, 0.717) is 18.5 Å². The van der Waals surface area contributed by atoms with Crippen LogP contribution in [0, 0.1) is 0 Å². The molecule has 30 heavy (non-hydrogen) atoms. The molecule has 3 rings (SSSR count). The summed E-state index contributed by atoms with van der Waals surface area (Å²) >= 11 is 0. The molecular formula is C22H37N3O5. The maximum atomic E-state index is 13.0. The first-order valence-electron chi connectivity index (χ1n) is 11.0. The van der Waals surface area contributed by atoms with Crippen molar-refractivity contribution < 1.29 is 23.5 Å². The Morgan fingerprint density at radius 1 is 1.20 bits per heavy atom. The number of nitrogens with one attached hydrogen (secondary N) is 1. The average Bonchev–Trinajstić information content (AvgIpc) is 3.22. The van der Waals surface area contributed by atoms with E-state index in [1.54, 1.807) is 6.07 Å². The molecule has 2 aliphatic heterocycles. The second-order valence-electron chi connectivity index (χ2n) is 9.54. The molecule has 8 nitrogen and oxygen atoms in total. The number of nitrogens with zero attached hydrogens (tertiary/aromatic N) is 2. The molecule has 0 aromatic carbocycles. The van der Waals surface area contributed by atoms with Gasteiger partial charge in [0.2, 0.25) is 11.8 Å². The molecule has 1 unspecified atom stereocenters. The number of anilines is 1. The van der Waals surface area contributed by atoms with E-state index in [2.05, 4.69) is 15.4 Å². The van der Waals surface area contributed by atoms with Crippen molar-refractivity contribution in [1.29, 1.82) is 0 Å². The zero-order valence-electron chi connectivity index (χ0n) is 19.0. The Morgan fingerprint density at radius 3 is 2.60 bits per heavy atom. The van der Waals surface area contributed by atoms with Crippen molar-refractivity contribution in [2.45, 2.75) is 83.1 Å². The number of carbonyl (C=O) groups is 1. The number of hydrogen-bond donors (Lipinski definition) is 1. The molecule has 170 valence electrons. The van der Waals surface area contributed by atoms with Crippen molar-refractivity contribution in [3.8, 4) is 0 Å². The molecule has 1 aromatic heterocycles. The highest BCUT2D eigenvalue weighted by Gasteiger charge is 2.37. The minimum Gasteiger partial charge on any atom is -0.381 e. The number of aromatic nitrogens is 1. The zero-order valence-corrected chi connectivity index (χ0v) is 19.0. The molecule has 1 aromatic rings. The van der Waals surface area contributed by atoms with Gasteiger partial charge in [-0.05, 0) is 53.0 Å². The molecule has 0 aliphatic carbocycles. The monoisotopic (exact) mass is 423 g/mol. The highest BCUT2D eigenvalue weighted by molar-refractivity contribution is 5.96. The largest absolute Gasteiger partial charge is 0.381 e. The third kappa shape index (κ3) is 5.60. The molecular weight excluding hydrogens is 386 g/mol. The molecule has 2 saturated heterocycles. The van der Waals surface area contributed by atoms with Crippen molar-refractivity contribution >= 4 is 11.8 Å². The van der Waals surface area contributed by atoms with Crippen LogP contribution in [0.25, 0.3) is 0 Å². The van der Waals surface area contributed by atoms with Crippen molar-refractivity contribution in [2.24, 2.45) is 0 Å². The third-order valence-electron chi connectivity index (χ3n) is 6.38. The molecule has 2 aliphatic rings. The van der Waals surface area contributed by atoms with E-state index in [9.17, 15) is 4.79 Å². The summed E-state index contributed by atoms with van der Waals surface area (Å²) in [6.07, 6.45) is 4.85. The van der Waals surface area contributed by atoms with Gasteiger partial charge in [0, 0.05) is 37.3 Å². The van der Waals surface area contributed by atoms with Gasteiger partial charge in [-0.15, -0.1) is 0 Å². The molecule has 2 fully saturated rings. The van der Waals surface area contributed by atoms with Crippen LogP contribution in [-0.4, -0.2) is 67.3 Å². The van der Waals surface area contributed by atoms with E-state index in [0.717, 1.165) is 57.6 Å². The van der Waals surface area contributed by atoms with Gasteiger partial charge in [0.25, 0.3) is 0 Å². The fourth-order valence-electron chi connectivity index (χ4n) is 3.82. The van der Waals surface area contributed by atoms with Crippen LogP contribution in [0.1, 0.15) is 65.5 Å². The molecule has 1 N–H and O–H groups in total. The van der Waals surface area contributed by atoms with Crippen molar-refractivity contribution in [3.63, 3.8) is 0 Å². The summed E-state index contributed by atoms with van der Waals surface area (Å²) in [5.41, 5.74) is -0.308. The Labute approximate surface area is 179 Å². The van der Waals surface area contributed by atoms with Gasteiger partial charge in [-0.25, -0.2) is 0 Å². The summed E-state index contributed by atoms with van der Waals surface area (Å²) in [6.45, 7) is 10.6. The minimum absolute atomic E-state index is 0.121. The number of carbonyl (C=O) groups excluding carboxylic acids is 1. The summed E-state index contributed by atoms with van der Waals surface area (Å²) in [6, 6.07) is 2.11. The quantitative estimate of drug-likeness (QED) is 0.686. The summed E-state index contributed by atoms with van der Waals surface area (Å²) in [5.74, 6) is 0.231. The van der Waals surface area contributed by atoms with Gasteiger partial charge in [0.15, 0.2) is 6.29 Å². The highest BCUT2D eigenvalue weighted by Crippen LogP contribution is 2.28. The second-order valence-corrected chi connectivity index (χ2v) is 9.54. The Bertz CT molecular complexity index is 691. The third-order valence-corrected chi connectivity index (χ3v) is 6.38. The molecule has 1 amide bonds. The van der Waals surface area contributed by atoms with Gasteiger partial charge >= 0.3 is 0 Å². The Hall–Kier alpha value is -1.48. The molecule has 0 bridgehead atoms. The van der Waals surface area contributed by atoms with Crippen LogP contribution >= 0.6 is 0 Å². The number of ether oxygens (including phenoxy) is 3. The predicted octanol–water partition coefficient (Wildman–Crippen LogP) is 3.32. The standard InChI is InChI=1S/C22H37N3O5/c1-21(2,15-29-19-8-6-7-11-28-19)17-14-18(30-24-17)23-20(26)22(3,4)25(5)16-9-12-27-13-10-16/h14,16,19H,6-13,15H2,1-5H3,(H,23,26). The van der Waals surface area contributed by atoms with Gasteiger partial charge in [0.1, 0.15) is 0 Å². The Balaban J connectivity index is 1.57. The smallest absolute Gasteiger partial charge is 0.246 e. The maximum Gasteiger partial charge on any atom is 0.246 e. The highest BCUT2D eigenvalue weighted by atomic mass is 16.7. The van der Waals surface area contributed by atoms with Gasteiger partial charge in [0.05, 0.1) is 17.8 Å². The van der Waals surface area contributed by atoms with Crippen LogP contribution in [0.4, 0.5) is 5.88 Å². The molecule has 0 spiro atoms. The van der Waals surface area contributed by atoms with Crippen LogP contribution < -0.4 is 5.32 Å². The van der Waals surface area contributed by atoms with E-state index in [1.807, 2.05) is 34.7 Å². The lowest BCUT2D eigenvalue weighted by Gasteiger charge is -2.41. The van der Waals surface area contributed by atoms with E-state index < -0.39 is 5.54 Å². The maximum absolute atomic E-state index is 13.0. The van der Waals surface area contributed by atoms with Gasteiger partial charge < -0.3 is 18.7 Å².